The van der Waals surface area contributed by atoms with Crippen molar-refractivity contribution in [3.05, 3.63) is 80.6 Å². The van der Waals surface area contributed by atoms with E-state index in [9.17, 15) is 4.79 Å². The maximum Gasteiger partial charge on any atom is 0.277 e. The first kappa shape index (κ1) is 23.8. The van der Waals surface area contributed by atoms with E-state index in [1.54, 1.807) is 4.68 Å². The van der Waals surface area contributed by atoms with Crippen LogP contribution in [0, 0.1) is 13.8 Å². The van der Waals surface area contributed by atoms with Gasteiger partial charge in [0.05, 0.1) is 24.0 Å². The normalized spacial score (nSPS) is 11.3. The van der Waals surface area contributed by atoms with E-state index in [0.717, 1.165) is 16.7 Å². The first-order valence-corrected chi connectivity index (χ1v) is 11.0. The van der Waals surface area contributed by atoms with Gasteiger partial charge in [-0.1, -0.05) is 61.3 Å². The lowest BCUT2D eigenvalue weighted by Gasteiger charge is -2.14. The number of carbonyl (C=O) groups is 1. The Kier molecular flexibility index (Phi) is 7.94. The quantitative estimate of drug-likeness (QED) is 0.347. The van der Waals surface area contributed by atoms with Crippen molar-refractivity contribution in [3.8, 4) is 5.75 Å². The molecule has 1 aromatic heterocycles. The zero-order valence-corrected chi connectivity index (χ0v) is 20.0. The summed E-state index contributed by atoms with van der Waals surface area (Å²) in [5.74, 6) is 0.641. The summed E-state index contributed by atoms with van der Waals surface area (Å²) in [7, 11) is 0. The standard InChI is InChI=1S/C24H26Cl2N4O2/c1-15(2)20-10-5-16(3)11-22(20)32-14-23(31)28-27-12-21-17(4)29-30(24(21)26)13-18-6-8-19(25)9-7-18/h5-12,15H,13-14H2,1-4H3,(H,28,31). The van der Waals surface area contributed by atoms with Crippen molar-refractivity contribution in [1.29, 1.82) is 0 Å². The molecule has 0 aliphatic carbocycles. The summed E-state index contributed by atoms with van der Waals surface area (Å²) in [4.78, 5) is 12.2. The number of hydrogen-bond acceptors (Lipinski definition) is 4. The molecule has 1 heterocycles. The minimum atomic E-state index is -0.361. The van der Waals surface area contributed by atoms with Gasteiger partial charge in [-0.15, -0.1) is 0 Å². The fourth-order valence-corrected chi connectivity index (χ4v) is 3.58. The minimum absolute atomic E-state index is 0.136. The molecule has 8 heteroatoms. The molecule has 0 aliphatic rings. The van der Waals surface area contributed by atoms with Crippen LogP contribution in [0.2, 0.25) is 10.2 Å². The Morgan fingerprint density at radius 3 is 2.59 bits per heavy atom. The van der Waals surface area contributed by atoms with E-state index in [-0.39, 0.29) is 12.5 Å². The first-order valence-electron chi connectivity index (χ1n) is 10.3. The Morgan fingerprint density at radius 1 is 1.19 bits per heavy atom. The number of hydrogen-bond donors (Lipinski definition) is 1. The summed E-state index contributed by atoms with van der Waals surface area (Å²) < 4.78 is 7.41. The molecular formula is C24H26Cl2N4O2. The Bertz CT molecular complexity index is 1120. The molecule has 0 saturated carbocycles. The number of halogens is 2. The minimum Gasteiger partial charge on any atom is -0.483 e. The smallest absolute Gasteiger partial charge is 0.277 e. The van der Waals surface area contributed by atoms with E-state index in [4.69, 9.17) is 27.9 Å². The summed E-state index contributed by atoms with van der Waals surface area (Å²) in [5, 5.41) is 9.59. The SMILES string of the molecule is Cc1ccc(C(C)C)c(OCC(=O)NN=Cc2c(C)nn(Cc3ccc(Cl)cc3)c2Cl)c1. The van der Waals surface area contributed by atoms with Gasteiger partial charge in [0.2, 0.25) is 0 Å². The monoisotopic (exact) mass is 472 g/mol. The van der Waals surface area contributed by atoms with Crippen LogP contribution in [-0.4, -0.2) is 28.5 Å². The second-order valence-corrected chi connectivity index (χ2v) is 8.65. The van der Waals surface area contributed by atoms with Crippen molar-refractivity contribution in [2.24, 2.45) is 5.10 Å². The van der Waals surface area contributed by atoms with Crippen LogP contribution in [-0.2, 0) is 11.3 Å². The number of rotatable bonds is 8. The van der Waals surface area contributed by atoms with Crippen molar-refractivity contribution in [3.63, 3.8) is 0 Å². The third-order valence-corrected chi connectivity index (χ3v) is 5.54. The Balaban J connectivity index is 1.60. The van der Waals surface area contributed by atoms with Gasteiger partial charge >= 0.3 is 0 Å². The second-order valence-electron chi connectivity index (χ2n) is 7.85. The van der Waals surface area contributed by atoms with Crippen molar-refractivity contribution >= 4 is 35.3 Å². The van der Waals surface area contributed by atoms with Gasteiger partial charge in [0.25, 0.3) is 5.91 Å². The molecule has 1 amide bonds. The number of aryl methyl sites for hydroxylation is 2. The molecule has 0 bridgehead atoms. The van der Waals surface area contributed by atoms with Crippen LogP contribution in [0.15, 0.2) is 47.6 Å². The highest BCUT2D eigenvalue weighted by molar-refractivity contribution is 6.32. The number of ether oxygens (including phenoxy) is 1. The summed E-state index contributed by atoms with van der Waals surface area (Å²) in [6.45, 7) is 8.35. The maximum atomic E-state index is 12.2. The van der Waals surface area contributed by atoms with Crippen LogP contribution in [0.4, 0.5) is 0 Å². The molecule has 1 N–H and O–H groups in total. The highest BCUT2D eigenvalue weighted by Crippen LogP contribution is 2.27. The van der Waals surface area contributed by atoms with Gasteiger partial charge in [-0.3, -0.25) is 4.79 Å². The van der Waals surface area contributed by atoms with Gasteiger partial charge in [-0.25, -0.2) is 10.1 Å². The number of carbonyl (C=O) groups excluding carboxylic acids is 1. The van der Waals surface area contributed by atoms with E-state index in [0.29, 0.717) is 39.6 Å². The van der Waals surface area contributed by atoms with Crippen LogP contribution in [0.5, 0.6) is 5.75 Å². The van der Waals surface area contributed by atoms with Gasteiger partial charge in [-0.2, -0.15) is 10.2 Å². The second kappa shape index (κ2) is 10.7. The van der Waals surface area contributed by atoms with Crippen molar-refractivity contribution in [1.82, 2.24) is 15.2 Å². The first-order chi connectivity index (χ1) is 15.2. The summed E-state index contributed by atoms with van der Waals surface area (Å²) in [6, 6.07) is 13.5. The molecule has 3 aromatic rings. The lowest BCUT2D eigenvalue weighted by atomic mass is 10.0. The Morgan fingerprint density at radius 2 is 1.91 bits per heavy atom. The summed E-state index contributed by atoms with van der Waals surface area (Å²) in [6.07, 6.45) is 1.49. The van der Waals surface area contributed by atoms with Crippen LogP contribution in [0.25, 0.3) is 0 Å². The molecule has 0 spiro atoms. The predicted octanol–water partition coefficient (Wildman–Crippen LogP) is 5.51. The van der Waals surface area contributed by atoms with E-state index in [1.165, 1.54) is 6.21 Å². The van der Waals surface area contributed by atoms with Crippen LogP contribution in [0.3, 0.4) is 0 Å². The van der Waals surface area contributed by atoms with Crippen LogP contribution >= 0.6 is 23.2 Å². The fraction of sp³-hybridized carbons (Fsp3) is 0.292. The molecule has 0 atom stereocenters. The average molecular weight is 473 g/mol. The highest BCUT2D eigenvalue weighted by Gasteiger charge is 2.13. The topological polar surface area (TPSA) is 68.5 Å². The number of aromatic nitrogens is 2. The number of hydrazone groups is 1. The lowest BCUT2D eigenvalue weighted by molar-refractivity contribution is -0.123. The predicted molar refractivity (Wildman–Crippen MR) is 129 cm³/mol. The third-order valence-electron chi connectivity index (χ3n) is 4.89. The highest BCUT2D eigenvalue weighted by atomic mass is 35.5. The molecule has 2 aromatic carbocycles. The van der Waals surface area contributed by atoms with Crippen LogP contribution in [0.1, 0.15) is 47.7 Å². The third kappa shape index (κ3) is 6.11. The molecule has 6 nitrogen and oxygen atoms in total. The van der Waals surface area contributed by atoms with Gasteiger partial charge in [-0.05, 0) is 54.7 Å². The van der Waals surface area contributed by atoms with Gasteiger partial charge in [0, 0.05) is 5.02 Å². The largest absolute Gasteiger partial charge is 0.483 e. The fourth-order valence-electron chi connectivity index (χ4n) is 3.17. The van der Waals surface area contributed by atoms with Gasteiger partial charge in [0.1, 0.15) is 10.9 Å². The molecule has 0 radical (unpaired) electrons. The number of nitrogens with one attached hydrogen (secondary N) is 1. The number of benzene rings is 2. The molecular weight excluding hydrogens is 447 g/mol. The molecule has 0 aliphatic heterocycles. The number of amides is 1. The lowest BCUT2D eigenvalue weighted by Crippen LogP contribution is -2.25. The molecule has 0 fully saturated rings. The van der Waals surface area contributed by atoms with Gasteiger partial charge < -0.3 is 4.74 Å². The van der Waals surface area contributed by atoms with Crippen LogP contribution < -0.4 is 10.2 Å². The average Bonchev–Trinajstić information content (AvgIpc) is 3.01. The molecule has 0 unspecified atom stereocenters. The van der Waals surface area contributed by atoms with E-state index < -0.39 is 0 Å². The van der Waals surface area contributed by atoms with Crippen molar-refractivity contribution in [2.75, 3.05) is 6.61 Å². The molecule has 32 heavy (non-hydrogen) atoms. The summed E-state index contributed by atoms with van der Waals surface area (Å²) >= 11 is 12.4. The number of nitrogens with zero attached hydrogens (tertiary/aromatic N) is 3. The van der Waals surface area contributed by atoms with Crippen molar-refractivity contribution in [2.45, 2.75) is 40.2 Å². The Hall–Kier alpha value is -2.83. The van der Waals surface area contributed by atoms with E-state index >= 15 is 0 Å². The maximum absolute atomic E-state index is 12.2. The molecule has 168 valence electrons. The zero-order chi connectivity index (χ0) is 23.3. The summed E-state index contributed by atoms with van der Waals surface area (Å²) in [5.41, 5.74) is 6.98. The van der Waals surface area contributed by atoms with E-state index in [1.807, 2.05) is 56.3 Å². The molecule has 0 saturated heterocycles. The van der Waals surface area contributed by atoms with E-state index in [2.05, 4.69) is 29.5 Å². The molecule has 3 rings (SSSR count). The zero-order valence-electron chi connectivity index (χ0n) is 18.5. The Labute approximate surface area is 198 Å². The van der Waals surface area contributed by atoms with Gasteiger partial charge in [0.15, 0.2) is 6.61 Å². The van der Waals surface area contributed by atoms with Crippen molar-refractivity contribution < 1.29 is 9.53 Å².